The Morgan fingerprint density at radius 1 is 1.14 bits per heavy atom. The third-order valence-electron chi connectivity index (χ3n) is 4.29. The minimum Gasteiger partial charge on any atom is -0.456 e. The highest BCUT2D eigenvalue weighted by Crippen LogP contribution is 2.14. The summed E-state index contributed by atoms with van der Waals surface area (Å²) in [7, 11) is 0. The second kappa shape index (κ2) is 9.97. The zero-order valence-electron chi connectivity index (χ0n) is 15.6. The van der Waals surface area contributed by atoms with Gasteiger partial charge in [-0.3, -0.25) is 19.0 Å². The van der Waals surface area contributed by atoms with E-state index in [1.165, 1.54) is 10.9 Å². The fraction of sp³-hybridized carbons (Fsp3) is 0.238. The van der Waals surface area contributed by atoms with Crippen LogP contribution in [0.2, 0.25) is 0 Å². The Labute approximate surface area is 175 Å². The molecule has 0 fully saturated rings. The molecular weight excluding hydrogens is 438 g/mol. The van der Waals surface area contributed by atoms with Crippen LogP contribution < -0.4 is 10.9 Å². The van der Waals surface area contributed by atoms with E-state index in [4.69, 9.17) is 4.74 Å². The largest absolute Gasteiger partial charge is 0.456 e. The Balaban J connectivity index is 1.43. The van der Waals surface area contributed by atoms with E-state index < -0.39 is 5.97 Å². The van der Waals surface area contributed by atoms with Crippen LogP contribution in [-0.4, -0.2) is 34.6 Å². The number of aryl methyl sites for hydroxylation is 1. The van der Waals surface area contributed by atoms with E-state index in [-0.39, 0.29) is 31.0 Å². The first-order valence-electron chi connectivity index (χ1n) is 9.14. The number of carbonyl (C=O) groups excluding carboxylic acids is 2. The van der Waals surface area contributed by atoms with Crippen LogP contribution in [0.15, 0.2) is 64.1 Å². The number of carbonyl (C=O) groups is 2. The van der Waals surface area contributed by atoms with Crippen molar-refractivity contribution in [2.75, 3.05) is 13.2 Å². The van der Waals surface area contributed by atoms with E-state index in [1.807, 2.05) is 30.3 Å². The minimum absolute atomic E-state index is 0.0294. The lowest BCUT2D eigenvalue weighted by atomic mass is 10.1. The predicted molar refractivity (Wildman–Crippen MR) is 112 cm³/mol. The summed E-state index contributed by atoms with van der Waals surface area (Å²) in [6, 6.07) is 15.0. The van der Waals surface area contributed by atoms with Crippen LogP contribution in [0.4, 0.5) is 0 Å². The normalized spacial score (nSPS) is 10.7. The fourth-order valence-corrected chi connectivity index (χ4v) is 3.12. The summed E-state index contributed by atoms with van der Waals surface area (Å²) in [5, 5.41) is 3.17. The number of halogens is 1. The molecule has 0 unspecified atom stereocenters. The monoisotopic (exact) mass is 457 g/mol. The molecule has 0 atom stereocenters. The summed E-state index contributed by atoms with van der Waals surface area (Å²) in [4.78, 5) is 40.4. The molecule has 0 aliphatic heterocycles. The van der Waals surface area contributed by atoms with Crippen molar-refractivity contribution >= 4 is 38.7 Å². The van der Waals surface area contributed by atoms with Gasteiger partial charge in [0.25, 0.3) is 11.5 Å². The van der Waals surface area contributed by atoms with Gasteiger partial charge in [0, 0.05) is 17.6 Å². The molecule has 8 heteroatoms. The smallest absolute Gasteiger partial charge is 0.308 e. The van der Waals surface area contributed by atoms with Crippen molar-refractivity contribution in [1.29, 1.82) is 0 Å². The van der Waals surface area contributed by atoms with Crippen molar-refractivity contribution in [2.24, 2.45) is 0 Å². The molecule has 0 saturated carbocycles. The maximum absolute atomic E-state index is 12.5. The zero-order chi connectivity index (χ0) is 20.6. The Bertz CT molecular complexity index is 1070. The van der Waals surface area contributed by atoms with Crippen LogP contribution in [0.1, 0.15) is 12.0 Å². The number of nitrogens with zero attached hydrogens (tertiary/aromatic N) is 2. The Hall–Kier alpha value is -3.00. The molecule has 1 amide bonds. The highest BCUT2D eigenvalue weighted by atomic mass is 79.9. The summed E-state index contributed by atoms with van der Waals surface area (Å²) < 4.78 is 7.11. The number of aromatic nitrogens is 2. The molecule has 0 aliphatic carbocycles. The van der Waals surface area contributed by atoms with Crippen LogP contribution in [0.5, 0.6) is 0 Å². The summed E-state index contributed by atoms with van der Waals surface area (Å²) in [6.07, 6.45) is 2.08. The van der Waals surface area contributed by atoms with Gasteiger partial charge >= 0.3 is 5.97 Å². The summed E-state index contributed by atoms with van der Waals surface area (Å²) in [6.45, 7) is 0.252. The van der Waals surface area contributed by atoms with Gasteiger partial charge in [0.05, 0.1) is 23.7 Å². The number of hydrogen-bond donors (Lipinski definition) is 1. The molecule has 3 aromatic rings. The Morgan fingerprint density at radius 3 is 2.72 bits per heavy atom. The molecule has 0 saturated heterocycles. The predicted octanol–water partition coefficient (Wildman–Crippen LogP) is 2.45. The number of amides is 1. The third-order valence-corrected chi connectivity index (χ3v) is 4.78. The van der Waals surface area contributed by atoms with Crippen molar-refractivity contribution in [3.8, 4) is 0 Å². The molecule has 0 aliphatic rings. The molecule has 3 rings (SSSR count). The lowest BCUT2D eigenvalue weighted by molar-refractivity contribution is -0.148. The number of rotatable bonds is 8. The van der Waals surface area contributed by atoms with E-state index in [9.17, 15) is 14.4 Å². The number of fused-ring (bicyclic) bond motifs is 1. The quantitative estimate of drug-likeness (QED) is 0.524. The number of esters is 1. The first-order valence-corrected chi connectivity index (χ1v) is 9.93. The van der Waals surface area contributed by atoms with Crippen molar-refractivity contribution in [3.63, 3.8) is 0 Å². The highest BCUT2D eigenvalue weighted by Gasteiger charge is 2.10. The summed E-state index contributed by atoms with van der Waals surface area (Å²) in [5.41, 5.74) is 1.47. The van der Waals surface area contributed by atoms with Gasteiger partial charge < -0.3 is 10.1 Å². The number of ether oxygens (including phenoxy) is 1. The lowest BCUT2D eigenvalue weighted by Crippen LogP contribution is -2.30. The van der Waals surface area contributed by atoms with Gasteiger partial charge in [-0.05, 0) is 30.2 Å². The van der Waals surface area contributed by atoms with Gasteiger partial charge in [0.2, 0.25) is 0 Å². The molecule has 0 radical (unpaired) electrons. The van der Waals surface area contributed by atoms with Gasteiger partial charge in [0.1, 0.15) is 0 Å². The zero-order valence-corrected chi connectivity index (χ0v) is 17.2. The van der Waals surface area contributed by atoms with Gasteiger partial charge in [0.15, 0.2) is 6.61 Å². The molecule has 150 valence electrons. The van der Waals surface area contributed by atoms with E-state index in [0.29, 0.717) is 23.9 Å². The second-order valence-corrected chi connectivity index (χ2v) is 7.32. The second-order valence-electron chi connectivity index (χ2n) is 6.40. The molecular formula is C21H20BrN3O4. The minimum atomic E-state index is -0.551. The molecule has 1 heterocycles. The van der Waals surface area contributed by atoms with E-state index >= 15 is 0 Å². The number of benzene rings is 2. The Morgan fingerprint density at radius 2 is 1.93 bits per heavy atom. The molecule has 29 heavy (non-hydrogen) atoms. The maximum atomic E-state index is 12.5. The third kappa shape index (κ3) is 5.99. The number of hydrogen-bond acceptors (Lipinski definition) is 5. The van der Waals surface area contributed by atoms with Crippen LogP contribution in [-0.2, 0) is 27.3 Å². The average molecular weight is 458 g/mol. The van der Waals surface area contributed by atoms with E-state index in [0.717, 1.165) is 10.0 Å². The van der Waals surface area contributed by atoms with Gasteiger partial charge in [-0.15, -0.1) is 0 Å². The van der Waals surface area contributed by atoms with Crippen molar-refractivity contribution in [1.82, 2.24) is 14.9 Å². The fourth-order valence-electron chi connectivity index (χ4n) is 2.76. The van der Waals surface area contributed by atoms with Gasteiger partial charge in [-0.25, -0.2) is 4.98 Å². The standard InChI is InChI=1S/C21H20BrN3O4/c22-16-6-7-18-17(12-16)21(28)25(14-24-18)11-9-20(27)29-13-19(26)23-10-8-15-4-2-1-3-5-15/h1-7,12,14H,8-11,13H2,(H,23,26). The van der Waals surface area contributed by atoms with Gasteiger partial charge in [-0.2, -0.15) is 0 Å². The van der Waals surface area contributed by atoms with Crippen LogP contribution >= 0.6 is 15.9 Å². The molecule has 7 nitrogen and oxygen atoms in total. The van der Waals surface area contributed by atoms with Crippen molar-refractivity contribution in [2.45, 2.75) is 19.4 Å². The van der Waals surface area contributed by atoms with Crippen LogP contribution in [0.25, 0.3) is 10.9 Å². The highest BCUT2D eigenvalue weighted by molar-refractivity contribution is 9.10. The van der Waals surface area contributed by atoms with Gasteiger partial charge in [-0.1, -0.05) is 46.3 Å². The topological polar surface area (TPSA) is 90.3 Å². The van der Waals surface area contributed by atoms with E-state index in [2.05, 4.69) is 26.2 Å². The molecule has 1 N–H and O–H groups in total. The SMILES string of the molecule is O=C(COC(=O)CCn1cnc2ccc(Br)cc2c1=O)NCCc1ccccc1. The maximum Gasteiger partial charge on any atom is 0.308 e. The molecule has 0 spiro atoms. The van der Waals surface area contributed by atoms with E-state index in [1.54, 1.807) is 18.2 Å². The molecule has 2 aromatic carbocycles. The Kier molecular flexibility index (Phi) is 7.13. The van der Waals surface area contributed by atoms with Crippen molar-refractivity contribution in [3.05, 3.63) is 75.2 Å². The number of nitrogens with one attached hydrogen (secondary N) is 1. The summed E-state index contributed by atoms with van der Waals surface area (Å²) in [5.74, 6) is -0.909. The average Bonchev–Trinajstić information content (AvgIpc) is 2.73. The first kappa shape index (κ1) is 20.7. The lowest BCUT2D eigenvalue weighted by Gasteiger charge is -2.08. The van der Waals surface area contributed by atoms with Crippen LogP contribution in [0, 0.1) is 0 Å². The first-order chi connectivity index (χ1) is 14.0. The van der Waals surface area contributed by atoms with Crippen molar-refractivity contribution < 1.29 is 14.3 Å². The molecule has 0 bridgehead atoms. The van der Waals surface area contributed by atoms with Crippen LogP contribution in [0.3, 0.4) is 0 Å². The summed E-state index contributed by atoms with van der Waals surface area (Å²) >= 11 is 3.33. The molecule has 1 aromatic heterocycles.